The molecule has 3 nitrogen and oxygen atoms in total. The van der Waals surface area contributed by atoms with Crippen molar-refractivity contribution >= 4 is 0 Å². The molecule has 1 aliphatic heterocycles. The second kappa shape index (κ2) is 9.71. The van der Waals surface area contributed by atoms with Crippen molar-refractivity contribution in [2.45, 2.75) is 31.8 Å². The Morgan fingerprint density at radius 3 is 2.24 bits per heavy atom. The van der Waals surface area contributed by atoms with Gasteiger partial charge in [0.15, 0.2) is 0 Å². The van der Waals surface area contributed by atoms with Gasteiger partial charge in [0, 0.05) is 45.4 Å². The number of nitrogens with zero attached hydrogens (tertiary/aromatic N) is 2. The van der Waals surface area contributed by atoms with Crippen LogP contribution in [0.3, 0.4) is 0 Å². The van der Waals surface area contributed by atoms with Gasteiger partial charge in [-0.1, -0.05) is 60.7 Å². The summed E-state index contributed by atoms with van der Waals surface area (Å²) >= 11 is 0. The van der Waals surface area contributed by atoms with Gasteiger partial charge in [-0.2, -0.15) is 0 Å². The molecule has 0 spiro atoms. The zero-order valence-electron chi connectivity index (χ0n) is 15.1. The lowest BCUT2D eigenvalue weighted by Crippen LogP contribution is -2.53. The molecule has 25 heavy (non-hydrogen) atoms. The lowest BCUT2D eigenvalue weighted by molar-refractivity contribution is 0.0604. The molecule has 3 rings (SSSR count). The highest BCUT2D eigenvalue weighted by atomic mass is 16.2. The summed E-state index contributed by atoms with van der Waals surface area (Å²) in [6.07, 6.45) is 3.08. The molecule has 1 fully saturated rings. The van der Waals surface area contributed by atoms with Gasteiger partial charge in [0.05, 0.1) is 0 Å². The standard InChI is InChI=1S/C22H30N2O/c25-17-7-12-22-19-23(14-13-20-8-3-1-4-9-20)15-16-24(22)18-21-10-5-2-6-11-21/h1-6,8-11,22,25H,7,12-19H2. The van der Waals surface area contributed by atoms with E-state index in [4.69, 9.17) is 0 Å². The maximum Gasteiger partial charge on any atom is 0.0431 e. The number of hydrogen-bond acceptors (Lipinski definition) is 3. The molecule has 0 amide bonds. The van der Waals surface area contributed by atoms with E-state index in [-0.39, 0.29) is 0 Å². The van der Waals surface area contributed by atoms with Crippen molar-refractivity contribution in [2.24, 2.45) is 0 Å². The normalized spacial score (nSPS) is 19.2. The van der Waals surface area contributed by atoms with Gasteiger partial charge in [-0.25, -0.2) is 0 Å². The van der Waals surface area contributed by atoms with E-state index in [1.54, 1.807) is 0 Å². The summed E-state index contributed by atoms with van der Waals surface area (Å²) in [6, 6.07) is 22.0. The lowest BCUT2D eigenvalue weighted by Gasteiger charge is -2.41. The molecule has 1 N–H and O–H groups in total. The third-order valence-electron chi connectivity index (χ3n) is 5.17. The Labute approximate surface area is 151 Å². The summed E-state index contributed by atoms with van der Waals surface area (Å²) in [5, 5.41) is 9.26. The maximum atomic E-state index is 9.26. The van der Waals surface area contributed by atoms with Crippen molar-refractivity contribution < 1.29 is 5.11 Å². The van der Waals surface area contributed by atoms with E-state index in [9.17, 15) is 5.11 Å². The monoisotopic (exact) mass is 338 g/mol. The number of piperazine rings is 1. The van der Waals surface area contributed by atoms with Crippen molar-refractivity contribution in [3.05, 3.63) is 71.8 Å². The van der Waals surface area contributed by atoms with Crippen LogP contribution in [0.1, 0.15) is 24.0 Å². The molecule has 0 aromatic heterocycles. The van der Waals surface area contributed by atoms with Gasteiger partial charge in [0.2, 0.25) is 0 Å². The van der Waals surface area contributed by atoms with Crippen LogP contribution in [0.2, 0.25) is 0 Å². The first-order chi connectivity index (χ1) is 12.3. The van der Waals surface area contributed by atoms with Gasteiger partial charge >= 0.3 is 0 Å². The Morgan fingerprint density at radius 2 is 1.56 bits per heavy atom. The molecule has 3 heteroatoms. The third-order valence-corrected chi connectivity index (χ3v) is 5.17. The van der Waals surface area contributed by atoms with E-state index in [1.807, 2.05) is 0 Å². The summed E-state index contributed by atoms with van der Waals surface area (Å²) in [4.78, 5) is 5.19. The lowest BCUT2D eigenvalue weighted by atomic mass is 10.0. The average Bonchev–Trinajstić information content (AvgIpc) is 2.67. The molecule has 0 aliphatic carbocycles. The second-order valence-electron chi connectivity index (χ2n) is 7.01. The van der Waals surface area contributed by atoms with E-state index in [0.717, 1.165) is 52.0 Å². The SMILES string of the molecule is OCCCC1CN(CCc2ccccc2)CCN1Cc1ccccc1. The maximum absolute atomic E-state index is 9.26. The molecule has 2 aromatic carbocycles. The van der Waals surface area contributed by atoms with Gasteiger partial charge in [-0.15, -0.1) is 0 Å². The van der Waals surface area contributed by atoms with E-state index >= 15 is 0 Å². The second-order valence-corrected chi connectivity index (χ2v) is 7.01. The Bertz CT molecular complexity index is 602. The van der Waals surface area contributed by atoms with Crippen molar-refractivity contribution in [1.82, 2.24) is 9.80 Å². The number of benzene rings is 2. The molecule has 1 unspecified atom stereocenters. The summed E-state index contributed by atoms with van der Waals surface area (Å²) in [5.41, 5.74) is 2.80. The zero-order chi connectivity index (χ0) is 17.3. The van der Waals surface area contributed by atoms with Crippen LogP contribution in [0.15, 0.2) is 60.7 Å². The number of rotatable bonds is 8. The Morgan fingerprint density at radius 1 is 0.880 bits per heavy atom. The summed E-state index contributed by atoms with van der Waals surface area (Å²) in [6.45, 7) is 5.79. The number of aliphatic hydroxyl groups excluding tert-OH is 1. The molecule has 1 aliphatic rings. The van der Waals surface area contributed by atoms with Gasteiger partial charge in [0.25, 0.3) is 0 Å². The van der Waals surface area contributed by atoms with Crippen molar-refractivity contribution in [1.29, 1.82) is 0 Å². The first-order valence-electron chi connectivity index (χ1n) is 9.50. The molecule has 1 saturated heterocycles. The summed E-state index contributed by atoms with van der Waals surface area (Å²) in [5.74, 6) is 0. The van der Waals surface area contributed by atoms with E-state index in [1.165, 1.54) is 11.1 Å². The van der Waals surface area contributed by atoms with Crippen LogP contribution in [-0.4, -0.2) is 53.7 Å². The largest absolute Gasteiger partial charge is 0.396 e. The van der Waals surface area contributed by atoms with Crippen molar-refractivity contribution in [3.8, 4) is 0 Å². The highest BCUT2D eigenvalue weighted by Crippen LogP contribution is 2.18. The van der Waals surface area contributed by atoms with Crippen molar-refractivity contribution in [3.63, 3.8) is 0 Å². The fraction of sp³-hybridized carbons (Fsp3) is 0.455. The topological polar surface area (TPSA) is 26.7 Å². The summed E-state index contributed by atoms with van der Waals surface area (Å²) in [7, 11) is 0. The van der Waals surface area contributed by atoms with E-state index < -0.39 is 0 Å². The van der Waals surface area contributed by atoms with Crippen LogP contribution in [0.5, 0.6) is 0 Å². The smallest absolute Gasteiger partial charge is 0.0431 e. The number of aliphatic hydroxyl groups is 1. The van der Waals surface area contributed by atoms with Crippen LogP contribution in [0.4, 0.5) is 0 Å². The third kappa shape index (κ3) is 5.67. The molecule has 0 bridgehead atoms. The Hall–Kier alpha value is -1.68. The minimum absolute atomic E-state index is 0.291. The molecular formula is C22H30N2O. The van der Waals surface area contributed by atoms with Gasteiger partial charge < -0.3 is 10.0 Å². The minimum Gasteiger partial charge on any atom is -0.396 e. The quantitative estimate of drug-likeness (QED) is 0.801. The van der Waals surface area contributed by atoms with Crippen LogP contribution < -0.4 is 0 Å². The fourth-order valence-electron chi connectivity index (χ4n) is 3.72. The molecule has 134 valence electrons. The molecule has 1 atom stereocenters. The average molecular weight is 338 g/mol. The van der Waals surface area contributed by atoms with E-state index in [2.05, 4.69) is 70.5 Å². The van der Waals surface area contributed by atoms with Crippen LogP contribution in [0.25, 0.3) is 0 Å². The fourth-order valence-corrected chi connectivity index (χ4v) is 3.72. The molecule has 0 radical (unpaired) electrons. The van der Waals surface area contributed by atoms with Gasteiger partial charge in [-0.05, 0) is 30.4 Å². The zero-order valence-corrected chi connectivity index (χ0v) is 15.1. The van der Waals surface area contributed by atoms with Crippen molar-refractivity contribution in [2.75, 3.05) is 32.8 Å². The Kier molecular flexibility index (Phi) is 7.04. The molecule has 2 aromatic rings. The minimum atomic E-state index is 0.291. The highest BCUT2D eigenvalue weighted by Gasteiger charge is 2.26. The van der Waals surface area contributed by atoms with E-state index in [0.29, 0.717) is 12.6 Å². The van der Waals surface area contributed by atoms with Crippen LogP contribution >= 0.6 is 0 Å². The molecular weight excluding hydrogens is 308 g/mol. The predicted octanol–water partition coefficient (Wildman–Crippen LogP) is 3.19. The highest BCUT2D eigenvalue weighted by molar-refractivity contribution is 5.16. The Balaban J connectivity index is 1.55. The summed E-state index contributed by atoms with van der Waals surface area (Å²) < 4.78 is 0. The first-order valence-corrected chi connectivity index (χ1v) is 9.50. The molecule has 1 heterocycles. The first kappa shape index (κ1) is 18.1. The number of hydrogen-bond donors (Lipinski definition) is 1. The van der Waals surface area contributed by atoms with Gasteiger partial charge in [0.1, 0.15) is 0 Å². The van der Waals surface area contributed by atoms with Gasteiger partial charge in [-0.3, -0.25) is 4.90 Å². The predicted molar refractivity (Wildman–Crippen MR) is 104 cm³/mol. The van der Waals surface area contributed by atoms with Crippen LogP contribution in [0, 0.1) is 0 Å². The van der Waals surface area contributed by atoms with Crippen LogP contribution in [-0.2, 0) is 13.0 Å². The molecule has 0 saturated carbocycles.